The third-order valence-corrected chi connectivity index (χ3v) is 2.97. The molecule has 4 heteroatoms. The van der Waals surface area contributed by atoms with E-state index in [0.29, 0.717) is 5.02 Å². The molecule has 0 saturated heterocycles. The number of hydrogen-bond donors (Lipinski definition) is 2. The van der Waals surface area contributed by atoms with Crippen molar-refractivity contribution in [2.24, 2.45) is 0 Å². The Balaban J connectivity index is 2.89. The van der Waals surface area contributed by atoms with Crippen LogP contribution >= 0.6 is 27.5 Å². The lowest BCUT2D eigenvalue weighted by Crippen LogP contribution is -1.70. The summed E-state index contributed by atoms with van der Waals surface area (Å²) in [6, 6.07) is 5.29. The summed E-state index contributed by atoms with van der Waals surface area (Å²) in [4.78, 5) is 2.78. The fourth-order valence-electron chi connectivity index (χ4n) is 1.13. The molecule has 0 bridgehead atoms. The van der Waals surface area contributed by atoms with Crippen LogP contribution in [0.1, 0.15) is 0 Å². The minimum absolute atomic E-state index is 0.130. The van der Waals surface area contributed by atoms with Gasteiger partial charge in [-0.3, -0.25) is 0 Å². The smallest absolute Gasteiger partial charge is 0.189 e. The van der Waals surface area contributed by atoms with Gasteiger partial charge < -0.3 is 10.1 Å². The van der Waals surface area contributed by atoms with Crippen molar-refractivity contribution >= 4 is 38.4 Å². The predicted octanol–water partition coefficient (Wildman–Crippen LogP) is 3.29. The molecular formula is C8H5BrClNO. The van der Waals surface area contributed by atoms with Crippen LogP contribution in [-0.2, 0) is 0 Å². The van der Waals surface area contributed by atoms with Crippen molar-refractivity contribution < 1.29 is 5.11 Å². The van der Waals surface area contributed by atoms with Gasteiger partial charge in [0.05, 0.1) is 5.02 Å². The summed E-state index contributed by atoms with van der Waals surface area (Å²) in [5.74, 6) is 0.130. The van der Waals surface area contributed by atoms with Crippen LogP contribution in [0.15, 0.2) is 22.7 Å². The fourth-order valence-corrected chi connectivity index (χ4v) is 1.69. The van der Waals surface area contributed by atoms with Crippen molar-refractivity contribution in [2.45, 2.75) is 0 Å². The summed E-state index contributed by atoms with van der Waals surface area (Å²) < 4.78 is 0.829. The van der Waals surface area contributed by atoms with Crippen LogP contribution in [0.3, 0.4) is 0 Å². The summed E-state index contributed by atoms with van der Waals surface area (Å²) in [7, 11) is 0. The maximum Gasteiger partial charge on any atom is 0.189 e. The summed E-state index contributed by atoms with van der Waals surface area (Å²) >= 11 is 9.26. The third-order valence-electron chi connectivity index (χ3n) is 1.68. The van der Waals surface area contributed by atoms with Crippen LogP contribution < -0.4 is 0 Å². The van der Waals surface area contributed by atoms with Crippen molar-refractivity contribution in [1.29, 1.82) is 0 Å². The van der Waals surface area contributed by atoms with Crippen molar-refractivity contribution in [3.8, 4) is 5.88 Å². The molecule has 1 heterocycles. The Morgan fingerprint density at radius 1 is 1.42 bits per heavy atom. The molecule has 62 valence electrons. The Kier molecular flexibility index (Phi) is 1.77. The summed E-state index contributed by atoms with van der Waals surface area (Å²) in [5.41, 5.74) is 0.834. The zero-order valence-corrected chi connectivity index (χ0v) is 8.28. The van der Waals surface area contributed by atoms with E-state index in [4.69, 9.17) is 16.7 Å². The second-order valence-corrected chi connectivity index (χ2v) is 3.71. The van der Waals surface area contributed by atoms with Crippen LogP contribution in [0, 0.1) is 0 Å². The Bertz CT molecular complexity index is 438. The second-order valence-electron chi connectivity index (χ2n) is 2.48. The van der Waals surface area contributed by atoms with Gasteiger partial charge in [0, 0.05) is 21.4 Å². The highest BCUT2D eigenvalue weighted by molar-refractivity contribution is 9.10. The first-order chi connectivity index (χ1) is 5.68. The van der Waals surface area contributed by atoms with E-state index >= 15 is 0 Å². The van der Waals surface area contributed by atoms with E-state index in [0.717, 1.165) is 15.4 Å². The number of aromatic nitrogens is 1. The molecule has 0 unspecified atom stereocenters. The molecule has 0 amide bonds. The van der Waals surface area contributed by atoms with Gasteiger partial charge >= 0.3 is 0 Å². The lowest BCUT2D eigenvalue weighted by Gasteiger charge is -1.95. The first-order valence-corrected chi connectivity index (χ1v) is 4.51. The average Bonchev–Trinajstić information content (AvgIpc) is 2.39. The molecule has 0 aliphatic heterocycles. The highest BCUT2D eigenvalue weighted by Crippen LogP contribution is 2.32. The van der Waals surface area contributed by atoms with Crippen LogP contribution in [0.4, 0.5) is 0 Å². The van der Waals surface area contributed by atoms with E-state index in [1.807, 2.05) is 12.1 Å². The Morgan fingerprint density at radius 3 is 2.92 bits per heavy atom. The third kappa shape index (κ3) is 1.09. The van der Waals surface area contributed by atoms with Gasteiger partial charge in [-0.25, -0.2) is 0 Å². The highest BCUT2D eigenvalue weighted by atomic mass is 79.9. The van der Waals surface area contributed by atoms with Crippen molar-refractivity contribution in [2.75, 3.05) is 0 Å². The number of aromatic amines is 1. The Labute approximate surface area is 82.3 Å². The average molecular weight is 246 g/mol. The molecule has 0 radical (unpaired) electrons. The summed E-state index contributed by atoms with van der Waals surface area (Å²) in [5, 5.41) is 10.6. The number of hydrogen-bond acceptors (Lipinski definition) is 1. The summed E-state index contributed by atoms with van der Waals surface area (Å²) in [6.07, 6.45) is 0. The van der Waals surface area contributed by atoms with Gasteiger partial charge in [0.2, 0.25) is 0 Å². The van der Waals surface area contributed by atoms with Crippen molar-refractivity contribution in [3.63, 3.8) is 0 Å². The zero-order valence-electron chi connectivity index (χ0n) is 5.94. The minimum Gasteiger partial charge on any atom is -0.495 e. The Hall–Kier alpha value is -0.670. The van der Waals surface area contributed by atoms with Gasteiger partial charge in [-0.1, -0.05) is 11.6 Å². The first kappa shape index (κ1) is 7.95. The van der Waals surface area contributed by atoms with Gasteiger partial charge in [0.25, 0.3) is 0 Å². The zero-order chi connectivity index (χ0) is 8.72. The maximum atomic E-state index is 9.14. The van der Waals surface area contributed by atoms with Crippen LogP contribution in [0.25, 0.3) is 10.9 Å². The van der Waals surface area contributed by atoms with Crippen LogP contribution in [0.5, 0.6) is 5.88 Å². The van der Waals surface area contributed by atoms with E-state index in [9.17, 15) is 0 Å². The standard InChI is InChI=1S/C8H5BrClNO/c9-5-1-2-6-4(8(5)10)3-7(12)11-6/h1-3,11-12H. The lowest BCUT2D eigenvalue weighted by molar-refractivity contribution is 0.458. The predicted molar refractivity (Wildman–Crippen MR) is 52.7 cm³/mol. The molecule has 2 rings (SSSR count). The molecule has 1 aromatic heterocycles. The Morgan fingerprint density at radius 2 is 2.17 bits per heavy atom. The second kappa shape index (κ2) is 2.68. The largest absolute Gasteiger partial charge is 0.495 e. The van der Waals surface area contributed by atoms with Gasteiger partial charge in [-0.05, 0) is 28.1 Å². The van der Waals surface area contributed by atoms with Crippen LogP contribution in [-0.4, -0.2) is 10.1 Å². The quantitative estimate of drug-likeness (QED) is 0.735. The minimum atomic E-state index is 0.130. The summed E-state index contributed by atoms with van der Waals surface area (Å²) in [6.45, 7) is 0. The molecular weight excluding hydrogens is 241 g/mol. The molecule has 0 aliphatic rings. The van der Waals surface area contributed by atoms with E-state index in [2.05, 4.69) is 20.9 Å². The number of aromatic hydroxyl groups is 1. The van der Waals surface area contributed by atoms with Gasteiger partial charge in [-0.2, -0.15) is 0 Å². The van der Waals surface area contributed by atoms with Crippen molar-refractivity contribution in [3.05, 3.63) is 27.7 Å². The fraction of sp³-hybridized carbons (Fsp3) is 0. The van der Waals surface area contributed by atoms with Gasteiger partial charge in [-0.15, -0.1) is 0 Å². The maximum absolute atomic E-state index is 9.14. The normalized spacial score (nSPS) is 10.8. The number of rotatable bonds is 0. The monoisotopic (exact) mass is 245 g/mol. The molecule has 0 fully saturated rings. The number of nitrogens with one attached hydrogen (secondary N) is 1. The van der Waals surface area contributed by atoms with Crippen LogP contribution in [0.2, 0.25) is 5.02 Å². The molecule has 12 heavy (non-hydrogen) atoms. The molecule has 2 nitrogen and oxygen atoms in total. The lowest BCUT2D eigenvalue weighted by atomic mass is 10.2. The first-order valence-electron chi connectivity index (χ1n) is 3.34. The van der Waals surface area contributed by atoms with E-state index < -0.39 is 0 Å². The number of benzene rings is 1. The van der Waals surface area contributed by atoms with Crippen molar-refractivity contribution in [1.82, 2.24) is 4.98 Å². The number of fused-ring (bicyclic) bond motifs is 1. The van der Waals surface area contributed by atoms with E-state index in [1.165, 1.54) is 0 Å². The molecule has 0 saturated carbocycles. The molecule has 2 N–H and O–H groups in total. The molecule has 0 spiro atoms. The number of H-pyrrole nitrogens is 1. The van der Waals surface area contributed by atoms with Gasteiger partial charge in [0.1, 0.15) is 0 Å². The highest BCUT2D eigenvalue weighted by Gasteiger charge is 2.05. The molecule has 0 atom stereocenters. The van der Waals surface area contributed by atoms with Gasteiger partial charge in [0.15, 0.2) is 5.88 Å². The SMILES string of the molecule is Oc1cc2c(Cl)c(Br)ccc2[nH]1. The molecule has 2 aromatic rings. The van der Waals surface area contributed by atoms with E-state index in [1.54, 1.807) is 6.07 Å². The topological polar surface area (TPSA) is 36.0 Å². The molecule has 0 aliphatic carbocycles. The number of halogens is 2. The molecule has 1 aromatic carbocycles. The van der Waals surface area contributed by atoms with E-state index in [-0.39, 0.29) is 5.88 Å².